The zero-order valence-electron chi connectivity index (χ0n) is 21.0. The summed E-state index contributed by atoms with van der Waals surface area (Å²) in [5, 5.41) is 12.3. The second kappa shape index (κ2) is 11.0. The molecule has 0 fully saturated rings. The molecule has 38 heavy (non-hydrogen) atoms. The number of nitrogens with one attached hydrogen (secondary N) is 2. The summed E-state index contributed by atoms with van der Waals surface area (Å²) >= 11 is 0. The molecule has 3 aromatic carbocycles. The molecular weight excluding hydrogens is 502 g/mol. The third-order valence-electron chi connectivity index (χ3n) is 5.90. The Morgan fingerprint density at radius 3 is 2.68 bits per heavy atom. The van der Waals surface area contributed by atoms with Gasteiger partial charge in [0.2, 0.25) is 12.7 Å². The number of rotatable bonds is 10. The Bertz CT molecular complexity index is 1540. The average molecular weight is 532 g/mol. The summed E-state index contributed by atoms with van der Waals surface area (Å²) in [6.07, 6.45) is 2.52. The Morgan fingerprint density at radius 2 is 1.89 bits per heavy atom. The molecule has 1 unspecified atom stereocenters. The van der Waals surface area contributed by atoms with Crippen LogP contribution in [0.25, 0.3) is 11.1 Å². The van der Waals surface area contributed by atoms with E-state index in [-0.39, 0.29) is 6.79 Å². The molecule has 0 spiro atoms. The number of anilines is 3. The van der Waals surface area contributed by atoms with E-state index in [1.54, 1.807) is 24.4 Å². The van der Waals surface area contributed by atoms with Gasteiger partial charge in [0.15, 0.2) is 11.5 Å². The van der Waals surface area contributed by atoms with Crippen molar-refractivity contribution < 1.29 is 18.4 Å². The van der Waals surface area contributed by atoms with E-state index in [2.05, 4.69) is 21.5 Å². The maximum Gasteiger partial charge on any atom is 0.231 e. The molecule has 10 heteroatoms. The molecule has 9 nitrogen and oxygen atoms in total. The van der Waals surface area contributed by atoms with Crippen LogP contribution in [0.4, 0.5) is 17.5 Å². The van der Waals surface area contributed by atoms with Crippen molar-refractivity contribution in [2.24, 2.45) is 5.14 Å². The van der Waals surface area contributed by atoms with Crippen molar-refractivity contribution in [3.63, 3.8) is 0 Å². The fourth-order valence-electron chi connectivity index (χ4n) is 4.03. The van der Waals surface area contributed by atoms with Gasteiger partial charge in [-0.3, -0.25) is 5.14 Å². The van der Waals surface area contributed by atoms with E-state index in [0.29, 0.717) is 35.5 Å². The molecule has 2 heterocycles. The zero-order chi connectivity index (χ0) is 26.5. The number of hydrogen-bond donors (Lipinski definition) is 3. The lowest BCUT2D eigenvalue weighted by Gasteiger charge is -2.14. The van der Waals surface area contributed by atoms with Crippen LogP contribution in [0.5, 0.6) is 17.2 Å². The smallest absolute Gasteiger partial charge is 0.231 e. The second-order valence-electron chi connectivity index (χ2n) is 8.66. The van der Waals surface area contributed by atoms with E-state index in [9.17, 15) is 4.21 Å². The van der Waals surface area contributed by atoms with Crippen LogP contribution in [-0.2, 0) is 16.1 Å². The van der Waals surface area contributed by atoms with Crippen LogP contribution in [0.15, 0.2) is 77.8 Å². The lowest BCUT2D eigenvalue weighted by atomic mass is 10.1. The molecule has 4 aromatic rings. The van der Waals surface area contributed by atoms with Crippen molar-refractivity contribution in [1.29, 1.82) is 0 Å². The van der Waals surface area contributed by atoms with Crippen molar-refractivity contribution in [3.8, 4) is 28.4 Å². The van der Waals surface area contributed by atoms with E-state index >= 15 is 0 Å². The van der Waals surface area contributed by atoms with Crippen LogP contribution in [0.3, 0.4) is 0 Å². The molecule has 1 aromatic heterocycles. The van der Waals surface area contributed by atoms with Crippen LogP contribution in [0, 0.1) is 0 Å². The molecule has 196 valence electrons. The highest BCUT2D eigenvalue weighted by atomic mass is 32.2. The fraction of sp³-hybridized carbons (Fsp3) is 0.179. The molecule has 0 bridgehead atoms. The molecule has 1 atom stereocenters. The van der Waals surface area contributed by atoms with Gasteiger partial charge in [0, 0.05) is 28.9 Å². The van der Waals surface area contributed by atoms with Crippen molar-refractivity contribution in [2.75, 3.05) is 30.6 Å². The fourth-order valence-corrected chi connectivity index (χ4v) is 4.66. The van der Waals surface area contributed by atoms with Crippen LogP contribution >= 0.6 is 0 Å². The number of nitrogens with two attached hydrogens (primary N) is 1. The lowest BCUT2D eigenvalue weighted by molar-refractivity contribution is 0.174. The first-order chi connectivity index (χ1) is 18.4. The van der Waals surface area contributed by atoms with Gasteiger partial charge in [-0.15, -0.1) is 0 Å². The van der Waals surface area contributed by atoms with E-state index in [1.807, 2.05) is 55.5 Å². The maximum atomic E-state index is 12.2. The molecule has 0 aliphatic carbocycles. The SMILES string of the molecule is C=S(N)(=O)c1cccc(Nc2ncc(-c3ccc(OCC)cc3)c(NCCc3ccc4c(c3)OCO4)n2)c1. The molecule has 0 radical (unpaired) electrons. The van der Waals surface area contributed by atoms with Crippen molar-refractivity contribution in [1.82, 2.24) is 9.97 Å². The maximum absolute atomic E-state index is 12.2. The van der Waals surface area contributed by atoms with Gasteiger partial charge in [-0.1, -0.05) is 24.3 Å². The van der Waals surface area contributed by atoms with E-state index in [0.717, 1.165) is 40.4 Å². The van der Waals surface area contributed by atoms with Gasteiger partial charge in [-0.25, -0.2) is 9.19 Å². The Labute approximate surface area is 222 Å². The van der Waals surface area contributed by atoms with E-state index in [4.69, 9.17) is 24.3 Å². The summed E-state index contributed by atoms with van der Waals surface area (Å²) in [6.45, 7) is 3.43. The molecule has 0 saturated carbocycles. The Hall–Kier alpha value is -4.28. The highest BCUT2D eigenvalue weighted by Gasteiger charge is 2.14. The van der Waals surface area contributed by atoms with E-state index < -0.39 is 9.71 Å². The summed E-state index contributed by atoms with van der Waals surface area (Å²) in [5.41, 5.74) is 3.57. The highest BCUT2D eigenvalue weighted by Crippen LogP contribution is 2.33. The lowest BCUT2D eigenvalue weighted by Crippen LogP contribution is -2.12. The minimum Gasteiger partial charge on any atom is -0.494 e. The van der Waals surface area contributed by atoms with Crippen molar-refractivity contribution >= 4 is 33.0 Å². The Morgan fingerprint density at radius 1 is 1.08 bits per heavy atom. The summed E-state index contributed by atoms with van der Waals surface area (Å²) < 4.78 is 28.7. The van der Waals surface area contributed by atoms with Crippen molar-refractivity contribution in [2.45, 2.75) is 18.2 Å². The molecule has 0 saturated heterocycles. The summed E-state index contributed by atoms with van der Waals surface area (Å²) in [5.74, 6) is 6.94. The van der Waals surface area contributed by atoms with Gasteiger partial charge >= 0.3 is 0 Å². The van der Waals surface area contributed by atoms with Crippen LogP contribution < -0.4 is 30.0 Å². The third-order valence-corrected chi connectivity index (χ3v) is 6.95. The van der Waals surface area contributed by atoms with Gasteiger partial charge in [-0.2, -0.15) is 4.98 Å². The first kappa shape index (κ1) is 25.4. The molecule has 1 aliphatic rings. The summed E-state index contributed by atoms with van der Waals surface area (Å²) in [4.78, 5) is 9.72. The first-order valence-electron chi connectivity index (χ1n) is 12.1. The van der Waals surface area contributed by atoms with Crippen molar-refractivity contribution in [3.05, 3.63) is 78.5 Å². The van der Waals surface area contributed by atoms with Gasteiger partial charge in [0.25, 0.3) is 0 Å². The number of ether oxygens (including phenoxy) is 3. The second-order valence-corrected chi connectivity index (χ2v) is 10.6. The van der Waals surface area contributed by atoms with Crippen LogP contribution in [0.1, 0.15) is 12.5 Å². The minimum absolute atomic E-state index is 0.249. The van der Waals surface area contributed by atoms with Crippen LogP contribution in [-0.4, -0.2) is 40.0 Å². The predicted molar refractivity (Wildman–Crippen MR) is 151 cm³/mol. The highest BCUT2D eigenvalue weighted by molar-refractivity contribution is 7.98. The minimum atomic E-state index is -2.84. The standard InChI is InChI=1S/C28H29N5O4S/c1-3-35-22-10-8-20(9-11-22)24-17-31-28(32-21-5-4-6-23(16-21)38(2,29)34)33-27(24)30-14-13-19-7-12-25-26(15-19)37-18-36-25/h4-12,15-17H,2-3,13-14,18H2,1H3,(H2,29,34)(H2,30,31,32,33). The normalized spacial score (nSPS) is 13.5. The van der Waals surface area contributed by atoms with Gasteiger partial charge in [-0.05, 0) is 72.8 Å². The predicted octanol–water partition coefficient (Wildman–Crippen LogP) is 4.62. The quantitative estimate of drug-likeness (QED) is 0.254. The monoisotopic (exact) mass is 531 g/mol. The van der Waals surface area contributed by atoms with Crippen LogP contribution in [0.2, 0.25) is 0 Å². The van der Waals surface area contributed by atoms with E-state index in [1.165, 1.54) is 0 Å². The molecule has 4 N–H and O–H groups in total. The first-order valence-corrected chi connectivity index (χ1v) is 13.9. The molecule has 1 aliphatic heterocycles. The molecule has 0 amide bonds. The number of fused-ring (bicyclic) bond motifs is 1. The third kappa shape index (κ3) is 5.99. The number of hydrogen-bond acceptors (Lipinski definition) is 8. The van der Waals surface area contributed by atoms with Gasteiger partial charge in [0.05, 0.1) is 16.3 Å². The number of aromatic nitrogens is 2. The number of benzene rings is 3. The van der Waals surface area contributed by atoms with Gasteiger partial charge in [0.1, 0.15) is 11.6 Å². The zero-order valence-corrected chi connectivity index (χ0v) is 21.8. The molecule has 5 rings (SSSR count). The topological polar surface area (TPSA) is 121 Å². The molecular formula is C28H29N5O4S. The summed E-state index contributed by atoms with van der Waals surface area (Å²) in [6, 6.07) is 20.7. The Balaban J connectivity index is 1.39. The number of nitrogens with zero attached hydrogens (tertiary/aromatic N) is 2. The largest absolute Gasteiger partial charge is 0.494 e. The Kier molecular flexibility index (Phi) is 7.34. The average Bonchev–Trinajstić information content (AvgIpc) is 3.37. The van der Waals surface area contributed by atoms with Gasteiger partial charge < -0.3 is 24.8 Å². The summed E-state index contributed by atoms with van der Waals surface area (Å²) in [7, 11) is -2.84.